The Kier molecular flexibility index (Phi) is 4.77. The van der Waals surface area contributed by atoms with E-state index in [1.165, 1.54) is 24.3 Å². The van der Waals surface area contributed by atoms with Gasteiger partial charge in [0.2, 0.25) is 0 Å². The van der Waals surface area contributed by atoms with Crippen LogP contribution < -0.4 is 11.1 Å². The number of benzene rings is 1. The maximum absolute atomic E-state index is 11.8. The normalized spacial score (nSPS) is 11.1. The molecule has 0 bridgehead atoms. The van der Waals surface area contributed by atoms with Crippen LogP contribution in [0.25, 0.3) is 0 Å². The second-order valence-corrected chi connectivity index (χ2v) is 5.96. The molecule has 3 N–H and O–H groups in total. The summed E-state index contributed by atoms with van der Waals surface area (Å²) in [6.07, 6.45) is 0.313. The monoisotopic (exact) mass is 276 g/mol. The van der Waals surface area contributed by atoms with Crippen molar-refractivity contribution in [3.63, 3.8) is 0 Å². The minimum atomic E-state index is -3.33. The molecule has 0 unspecified atom stereocenters. The van der Waals surface area contributed by atoms with Gasteiger partial charge in [-0.1, -0.05) is 11.6 Å². The van der Waals surface area contributed by atoms with Crippen LogP contribution in [-0.4, -0.2) is 26.7 Å². The molecule has 0 heterocycles. The topological polar surface area (TPSA) is 89.3 Å². The average Bonchev–Trinajstić information content (AvgIpc) is 2.25. The summed E-state index contributed by atoms with van der Waals surface area (Å²) in [5, 5.41) is 2.82. The van der Waals surface area contributed by atoms with E-state index < -0.39 is 15.9 Å². The summed E-state index contributed by atoms with van der Waals surface area (Å²) >= 11 is 5.67. The number of primary amides is 1. The van der Waals surface area contributed by atoms with Gasteiger partial charge in [-0.2, -0.15) is 0 Å². The smallest absolute Gasteiger partial charge is 0.312 e. The van der Waals surface area contributed by atoms with Gasteiger partial charge in [-0.05, 0) is 30.7 Å². The second kappa shape index (κ2) is 5.88. The van der Waals surface area contributed by atoms with Gasteiger partial charge in [0.05, 0.1) is 10.6 Å². The molecule has 0 aliphatic rings. The van der Waals surface area contributed by atoms with Crippen LogP contribution in [0.1, 0.15) is 6.42 Å². The summed E-state index contributed by atoms with van der Waals surface area (Å²) in [4.78, 5) is 10.6. The molecule has 0 fully saturated rings. The van der Waals surface area contributed by atoms with E-state index in [-0.39, 0.29) is 17.2 Å². The van der Waals surface area contributed by atoms with Gasteiger partial charge in [0.25, 0.3) is 0 Å². The Balaban J connectivity index is 2.57. The van der Waals surface area contributed by atoms with Gasteiger partial charge in [0.1, 0.15) is 0 Å². The van der Waals surface area contributed by atoms with Gasteiger partial charge in [0.15, 0.2) is 9.84 Å². The molecule has 1 aromatic rings. The zero-order valence-electron chi connectivity index (χ0n) is 9.02. The van der Waals surface area contributed by atoms with Crippen LogP contribution in [-0.2, 0) is 9.84 Å². The molecule has 17 heavy (non-hydrogen) atoms. The number of carbonyl (C=O) groups excluding carboxylic acids is 1. The van der Waals surface area contributed by atoms with E-state index in [4.69, 9.17) is 17.3 Å². The van der Waals surface area contributed by atoms with Crippen LogP contribution in [0.15, 0.2) is 29.2 Å². The minimum absolute atomic E-state index is 0.0467. The maximum atomic E-state index is 11.8. The highest BCUT2D eigenvalue weighted by molar-refractivity contribution is 7.91. The molecule has 5 nitrogen and oxygen atoms in total. The summed E-state index contributed by atoms with van der Waals surface area (Å²) in [5.41, 5.74) is 4.86. The number of amides is 2. The van der Waals surface area contributed by atoms with E-state index in [0.717, 1.165) is 0 Å². The lowest BCUT2D eigenvalue weighted by molar-refractivity contribution is 0.249. The second-order valence-electron chi connectivity index (χ2n) is 3.42. The molecular formula is C10H13ClN2O3S. The highest BCUT2D eigenvalue weighted by Gasteiger charge is 2.13. The summed E-state index contributed by atoms with van der Waals surface area (Å²) in [6.45, 7) is 0.238. The highest BCUT2D eigenvalue weighted by Crippen LogP contribution is 2.15. The van der Waals surface area contributed by atoms with Crippen LogP contribution in [0.4, 0.5) is 4.79 Å². The Morgan fingerprint density at radius 2 is 1.88 bits per heavy atom. The molecule has 0 atom stereocenters. The first-order valence-corrected chi connectivity index (χ1v) is 6.96. The van der Waals surface area contributed by atoms with Crippen LogP contribution in [0.2, 0.25) is 5.02 Å². The van der Waals surface area contributed by atoms with Crippen LogP contribution in [0, 0.1) is 0 Å². The molecular weight excluding hydrogens is 264 g/mol. The summed E-state index contributed by atoms with van der Waals surface area (Å²) < 4.78 is 23.6. The molecule has 0 saturated heterocycles. The van der Waals surface area contributed by atoms with Crippen molar-refractivity contribution in [3.05, 3.63) is 29.3 Å². The van der Waals surface area contributed by atoms with Crippen molar-refractivity contribution >= 4 is 27.5 Å². The fourth-order valence-electron chi connectivity index (χ4n) is 1.23. The fourth-order valence-corrected chi connectivity index (χ4v) is 2.67. The molecule has 94 valence electrons. The number of nitrogens with two attached hydrogens (primary N) is 1. The number of halogens is 1. The zero-order valence-corrected chi connectivity index (χ0v) is 10.6. The van der Waals surface area contributed by atoms with E-state index in [2.05, 4.69) is 5.32 Å². The molecule has 0 aliphatic heterocycles. The fraction of sp³-hybridized carbons (Fsp3) is 0.300. The van der Waals surface area contributed by atoms with Crippen molar-refractivity contribution in [2.75, 3.05) is 12.3 Å². The maximum Gasteiger partial charge on any atom is 0.312 e. The molecule has 0 aromatic heterocycles. The van der Waals surface area contributed by atoms with E-state index in [0.29, 0.717) is 11.4 Å². The van der Waals surface area contributed by atoms with Crippen LogP contribution in [0.3, 0.4) is 0 Å². The van der Waals surface area contributed by atoms with Crippen LogP contribution in [0.5, 0.6) is 0 Å². The van der Waals surface area contributed by atoms with Crippen LogP contribution >= 0.6 is 11.6 Å². The molecule has 2 amide bonds. The first kappa shape index (κ1) is 13.8. The van der Waals surface area contributed by atoms with E-state index >= 15 is 0 Å². The first-order chi connectivity index (χ1) is 7.92. The third-order valence-electron chi connectivity index (χ3n) is 2.06. The Bertz CT molecular complexity index is 485. The van der Waals surface area contributed by atoms with Crippen molar-refractivity contribution < 1.29 is 13.2 Å². The molecule has 0 spiro atoms. The predicted octanol–water partition coefficient (Wildman–Crippen LogP) is 1.17. The number of rotatable bonds is 5. The quantitative estimate of drug-likeness (QED) is 0.791. The van der Waals surface area contributed by atoms with Crippen molar-refractivity contribution in [1.29, 1.82) is 0 Å². The number of sulfone groups is 1. The third-order valence-corrected chi connectivity index (χ3v) is 4.13. The Labute approximate surface area is 105 Å². The molecule has 0 aliphatic carbocycles. The largest absolute Gasteiger partial charge is 0.352 e. The Hall–Kier alpha value is -1.27. The summed E-state index contributed by atoms with van der Waals surface area (Å²) in [7, 11) is -3.33. The summed E-state index contributed by atoms with van der Waals surface area (Å²) in [6, 6.07) is 5.30. The van der Waals surface area contributed by atoms with Gasteiger partial charge in [-0.25, -0.2) is 13.2 Å². The molecule has 7 heteroatoms. The van der Waals surface area contributed by atoms with Gasteiger partial charge in [-0.15, -0.1) is 0 Å². The Morgan fingerprint density at radius 1 is 1.29 bits per heavy atom. The molecule has 1 rings (SSSR count). The lowest BCUT2D eigenvalue weighted by Gasteiger charge is -2.04. The zero-order chi connectivity index (χ0) is 12.9. The van der Waals surface area contributed by atoms with Gasteiger partial charge in [0, 0.05) is 11.6 Å². The molecule has 0 saturated carbocycles. The van der Waals surface area contributed by atoms with Gasteiger partial charge >= 0.3 is 6.03 Å². The molecule has 1 aromatic carbocycles. The van der Waals surface area contributed by atoms with E-state index in [9.17, 15) is 13.2 Å². The van der Waals surface area contributed by atoms with Gasteiger partial charge in [-0.3, -0.25) is 0 Å². The lowest BCUT2D eigenvalue weighted by atomic mass is 10.4. The number of carbonyl (C=O) groups is 1. The number of hydrogen-bond donors (Lipinski definition) is 2. The van der Waals surface area contributed by atoms with Gasteiger partial charge < -0.3 is 11.1 Å². The molecule has 0 radical (unpaired) electrons. The van der Waals surface area contributed by atoms with Crippen molar-refractivity contribution in [2.45, 2.75) is 11.3 Å². The SMILES string of the molecule is NC(=O)NCCCS(=O)(=O)c1ccc(Cl)cc1. The van der Waals surface area contributed by atoms with Crippen molar-refractivity contribution in [3.8, 4) is 0 Å². The number of urea groups is 1. The third kappa shape index (κ3) is 4.62. The summed E-state index contributed by atoms with van der Waals surface area (Å²) in [5.74, 6) is -0.0467. The predicted molar refractivity (Wildman–Crippen MR) is 65.7 cm³/mol. The van der Waals surface area contributed by atoms with E-state index in [1.807, 2.05) is 0 Å². The lowest BCUT2D eigenvalue weighted by Crippen LogP contribution is -2.30. The minimum Gasteiger partial charge on any atom is -0.352 e. The van der Waals surface area contributed by atoms with Crippen molar-refractivity contribution in [2.24, 2.45) is 5.73 Å². The highest BCUT2D eigenvalue weighted by atomic mass is 35.5. The van der Waals surface area contributed by atoms with E-state index in [1.54, 1.807) is 0 Å². The average molecular weight is 277 g/mol. The number of nitrogens with one attached hydrogen (secondary N) is 1. The number of hydrogen-bond acceptors (Lipinski definition) is 3. The first-order valence-electron chi connectivity index (χ1n) is 4.93. The van der Waals surface area contributed by atoms with Crippen molar-refractivity contribution in [1.82, 2.24) is 5.32 Å². The standard InChI is InChI=1S/C10H13ClN2O3S/c11-8-2-4-9(5-3-8)17(15,16)7-1-6-13-10(12)14/h2-5H,1,6-7H2,(H3,12,13,14). The Morgan fingerprint density at radius 3 is 2.41 bits per heavy atom.